The van der Waals surface area contributed by atoms with E-state index in [0.717, 1.165) is 15.6 Å². The Labute approximate surface area is 204 Å². The molecule has 0 atom stereocenters. The van der Waals surface area contributed by atoms with Gasteiger partial charge in [-0.05, 0) is 55.8 Å². The molecule has 0 fully saturated rings. The van der Waals surface area contributed by atoms with Crippen LogP contribution in [0.2, 0.25) is 0 Å². The van der Waals surface area contributed by atoms with Crippen molar-refractivity contribution >= 4 is 45.3 Å². The lowest BCUT2D eigenvalue weighted by Gasteiger charge is -2.12. The number of carbonyl (C=O) groups excluding carboxylic acids is 2. The molecule has 0 aliphatic heterocycles. The van der Waals surface area contributed by atoms with Crippen molar-refractivity contribution in [1.29, 1.82) is 0 Å². The van der Waals surface area contributed by atoms with E-state index in [1.807, 2.05) is 32.0 Å². The second kappa shape index (κ2) is 11.2. The number of aryl methyl sites for hydroxylation is 2. The summed E-state index contributed by atoms with van der Waals surface area (Å²) in [6.07, 6.45) is 1.38. The van der Waals surface area contributed by atoms with Crippen molar-refractivity contribution in [3.63, 3.8) is 0 Å². The third-order valence-corrected chi connectivity index (χ3v) is 5.19. The summed E-state index contributed by atoms with van der Waals surface area (Å²) < 4.78 is 6.42. The van der Waals surface area contributed by atoms with Gasteiger partial charge in [-0.2, -0.15) is 5.10 Å². The zero-order chi connectivity index (χ0) is 24.7. The molecule has 34 heavy (non-hydrogen) atoms. The Morgan fingerprint density at radius 1 is 1.09 bits per heavy atom. The number of rotatable bonds is 8. The summed E-state index contributed by atoms with van der Waals surface area (Å²) in [6, 6.07) is 16.0. The molecule has 0 radical (unpaired) electrons. The number of hydrogen-bond donors (Lipinski definition) is 2. The highest BCUT2D eigenvalue weighted by Crippen LogP contribution is 2.22. The number of hydrogen-bond acceptors (Lipinski definition) is 6. The molecule has 2 amide bonds. The van der Waals surface area contributed by atoms with Gasteiger partial charge in [-0.25, -0.2) is 5.43 Å². The summed E-state index contributed by atoms with van der Waals surface area (Å²) >= 11 is 3.37. The Hall–Kier alpha value is -4.05. The average molecular weight is 525 g/mol. The number of ether oxygens (including phenoxy) is 1. The van der Waals surface area contributed by atoms with Gasteiger partial charge < -0.3 is 10.1 Å². The highest BCUT2D eigenvalue weighted by atomic mass is 79.9. The van der Waals surface area contributed by atoms with Crippen molar-refractivity contribution in [3.05, 3.63) is 97.5 Å². The number of nitrogens with one attached hydrogen (secondary N) is 2. The number of carbonyl (C=O) groups is 2. The normalized spacial score (nSPS) is 10.7. The van der Waals surface area contributed by atoms with E-state index in [2.05, 4.69) is 31.8 Å². The summed E-state index contributed by atoms with van der Waals surface area (Å²) in [5.74, 6) is -0.451. The number of hydrazone groups is 1. The van der Waals surface area contributed by atoms with Gasteiger partial charge >= 0.3 is 0 Å². The van der Waals surface area contributed by atoms with Gasteiger partial charge in [-0.15, -0.1) is 0 Å². The van der Waals surface area contributed by atoms with Gasteiger partial charge in [-0.3, -0.25) is 19.7 Å². The van der Waals surface area contributed by atoms with Gasteiger partial charge in [-0.1, -0.05) is 33.6 Å². The number of non-ortho nitro benzene ring substituents is 1. The number of halogens is 1. The Morgan fingerprint density at radius 2 is 1.82 bits per heavy atom. The second-order valence-electron chi connectivity index (χ2n) is 7.34. The number of nitro benzene ring substituents is 1. The molecule has 2 N–H and O–H groups in total. The zero-order valence-corrected chi connectivity index (χ0v) is 20.0. The highest BCUT2D eigenvalue weighted by Gasteiger charge is 2.10. The molecule has 0 aromatic heterocycles. The lowest BCUT2D eigenvalue weighted by Crippen LogP contribution is -2.21. The minimum Gasteiger partial charge on any atom is -0.483 e. The molecule has 0 saturated carbocycles. The number of amides is 2. The summed E-state index contributed by atoms with van der Waals surface area (Å²) in [4.78, 5) is 34.7. The van der Waals surface area contributed by atoms with Crippen LogP contribution in [0.3, 0.4) is 0 Å². The minimum atomic E-state index is -0.545. The molecular weight excluding hydrogens is 504 g/mol. The van der Waals surface area contributed by atoms with Crippen LogP contribution < -0.4 is 15.5 Å². The SMILES string of the molecule is Cc1ccc(NC(=O)COc2ccc(Br)cc2/C=N/NC(=O)c2ccc([N+](=O)[O-])cc2)c(C)c1. The predicted molar refractivity (Wildman–Crippen MR) is 132 cm³/mol. The molecule has 0 saturated heterocycles. The first-order valence-corrected chi connectivity index (χ1v) is 10.9. The van der Waals surface area contributed by atoms with Crippen molar-refractivity contribution in [2.45, 2.75) is 13.8 Å². The predicted octanol–water partition coefficient (Wildman–Crippen LogP) is 4.76. The molecule has 0 bridgehead atoms. The van der Waals surface area contributed by atoms with Crippen molar-refractivity contribution in [2.24, 2.45) is 5.10 Å². The van der Waals surface area contributed by atoms with Gasteiger partial charge in [0, 0.05) is 33.4 Å². The van der Waals surface area contributed by atoms with Crippen LogP contribution >= 0.6 is 15.9 Å². The van der Waals surface area contributed by atoms with Crippen LogP contribution in [-0.2, 0) is 4.79 Å². The van der Waals surface area contributed by atoms with Crippen molar-refractivity contribution in [3.8, 4) is 5.75 Å². The molecule has 3 aromatic carbocycles. The second-order valence-corrected chi connectivity index (χ2v) is 8.26. The van der Waals surface area contributed by atoms with E-state index in [0.29, 0.717) is 17.0 Å². The molecular formula is C24H21BrN4O5. The van der Waals surface area contributed by atoms with Crippen LogP contribution in [0.25, 0.3) is 0 Å². The topological polar surface area (TPSA) is 123 Å². The third-order valence-electron chi connectivity index (χ3n) is 4.70. The van der Waals surface area contributed by atoms with E-state index in [1.54, 1.807) is 18.2 Å². The standard InChI is InChI=1S/C24H21BrN4O5/c1-15-3-9-21(16(2)11-15)27-23(30)14-34-22-10-6-19(25)12-18(22)13-26-28-24(31)17-4-7-20(8-5-17)29(32)33/h3-13H,14H2,1-2H3,(H,27,30)(H,28,31)/b26-13+. The molecule has 174 valence electrons. The number of benzene rings is 3. The average Bonchev–Trinajstić information content (AvgIpc) is 2.80. The van der Waals surface area contributed by atoms with Crippen LogP contribution in [0.4, 0.5) is 11.4 Å². The van der Waals surface area contributed by atoms with E-state index in [9.17, 15) is 19.7 Å². The quantitative estimate of drug-likeness (QED) is 0.250. The molecule has 0 aliphatic rings. The van der Waals surface area contributed by atoms with Gasteiger partial charge in [0.25, 0.3) is 17.5 Å². The van der Waals surface area contributed by atoms with E-state index in [1.165, 1.54) is 30.5 Å². The van der Waals surface area contributed by atoms with Crippen LogP contribution in [-0.4, -0.2) is 29.6 Å². The van der Waals surface area contributed by atoms with Crippen LogP contribution in [0, 0.1) is 24.0 Å². The van der Waals surface area contributed by atoms with Crippen LogP contribution in [0.1, 0.15) is 27.0 Å². The Kier molecular flexibility index (Phi) is 8.10. The molecule has 0 spiro atoms. The number of anilines is 1. The first-order chi connectivity index (χ1) is 16.2. The van der Waals surface area contributed by atoms with Crippen LogP contribution in [0.15, 0.2) is 70.2 Å². The number of nitrogens with zero attached hydrogens (tertiary/aromatic N) is 2. The first kappa shape index (κ1) is 24.6. The monoisotopic (exact) mass is 524 g/mol. The summed E-state index contributed by atoms with van der Waals surface area (Å²) in [5.41, 5.74) is 5.76. The van der Waals surface area contributed by atoms with E-state index in [4.69, 9.17) is 4.74 Å². The molecule has 0 aliphatic carbocycles. The van der Waals surface area contributed by atoms with Gasteiger partial charge in [0.05, 0.1) is 11.1 Å². The first-order valence-electron chi connectivity index (χ1n) is 10.1. The van der Waals surface area contributed by atoms with E-state index < -0.39 is 10.8 Å². The van der Waals surface area contributed by atoms with Crippen molar-refractivity contribution in [1.82, 2.24) is 5.43 Å². The van der Waals surface area contributed by atoms with E-state index >= 15 is 0 Å². The fourth-order valence-corrected chi connectivity index (χ4v) is 3.37. The summed E-state index contributed by atoms with van der Waals surface area (Å²) in [6.45, 7) is 3.68. The third kappa shape index (κ3) is 6.72. The molecule has 9 nitrogen and oxygen atoms in total. The van der Waals surface area contributed by atoms with Crippen LogP contribution in [0.5, 0.6) is 5.75 Å². The van der Waals surface area contributed by atoms with Gasteiger partial charge in [0.2, 0.25) is 0 Å². The lowest BCUT2D eigenvalue weighted by atomic mass is 10.1. The zero-order valence-electron chi connectivity index (χ0n) is 18.4. The Morgan fingerprint density at radius 3 is 2.50 bits per heavy atom. The molecule has 0 unspecified atom stereocenters. The highest BCUT2D eigenvalue weighted by molar-refractivity contribution is 9.10. The largest absolute Gasteiger partial charge is 0.483 e. The van der Waals surface area contributed by atoms with E-state index in [-0.39, 0.29) is 23.8 Å². The molecule has 3 aromatic rings. The Bertz CT molecular complexity index is 1260. The smallest absolute Gasteiger partial charge is 0.271 e. The maximum absolute atomic E-state index is 12.3. The van der Waals surface area contributed by atoms with Gasteiger partial charge in [0.15, 0.2) is 6.61 Å². The summed E-state index contributed by atoms with van der Waals surface area (Å²) in [7, 11) is 0. The molecule has 10 heteroatoms. The van der Waals surface area contributed by atoms with Crippen molar-refractivity contribution < 1.29 is 19.2 Å². The molecule has 0 heterocycles. The molecule has 3 rings (SSSR count). The Balaban J connectivity index is 1.62. The fourth-order valence-electron chi connectivity index (χ4n) is 2.99. The number of nitro groups is 1. The lowest BCUT2D eigenvalue weighted by molar-refractivity contribution is -0.384. The maximum Gasteiger partial charge on any atom is 0.271 e. The fraction of sp³-hybridized carbons (Fsp3) is 0.125. The summed E-state index contributed by atoms with van der Waals surface area (Å²) in [5, 5.41) is 17.5. The van der Waals surface area contributed by atoms with Crippen molar-refractivity contribution in [2.75, 3.05) is 11.9 Å². The maximum atomic E-state index is 12.3. The van der Waals surface area contributed by atoms with Gasteiger partial charge in [0.1, 0.15) is 5.75 Å². The minimum absolute atomic E-state index is 0.113.